The molecule has 5 nitrogen and oxygen atoms in total. The van der Waals surface area contributed by atoms with Crippen LogP contribution < -0.4 is 4.74 Å². The fourth-order valence-electron chi connectivity index (χ4n) is 2.54. The Morgan fingerprint density at radius 2 is 1.96 bits per heavy atom. The quantitative estimate of drug-likeness (QED) is 0.426. The van der Waals surface area contributed by atoms with Crippen LogP contribution in [-0.2, 0) is 13.7 Å². The van der Waals surface area contributed by atoms with E-state index in [9.17, 15) is 4.79 Å². The van der Waals surface area contributed by atoms with Crippen LogP contribution >= 0.6 is 23.4 Å². The van der Waals surface area contributed by atoms with Gasteiger partial charge in [-0.05, 0) is 37.6 Å². The minimum atomic E-state index is 0.0815. The topological polar surface area (TPSA) is 57.0 Å². The summed E-state index contributed by atoms with van der Waals surface area (Å²) in [6, 6.07) is 13.2. The zero-order chi connectivity index (χ0) is 19.4. The summed E-state index contributed by atoms with van der Waals surface area (Å²) in [5.74, 6) is 1.65. The highest BCUT2D eigenvalue weighted by Gasteiger charge is 2.15. The molecule has 0 aliphatic heterocycles. The summed E-state index contributed by atoms with van der Waals surface area (Å²) < 4.78 is 7.54. The summed E-state index contributed by atoms with van der Waals surface area (Å²) in [6.45, 7) is 4.18. The van der Waals surface area contributed by atoms with Crippen molar-refractivity contribution in [1.29, 1.82) is 0 Å². The molecule has 0 aliphatic carbocycles. The molecule has 0 atom stereocenters. The maximum Gasteiger partial charge on any atom is 0.191 e. The third-order valence-corrected chi connectivity index (χ3v) is 5.48. The molecule has 0 amide bonds. The highest BCUT2D eigenvalue weighted by atomic mass is 35.5. The van der Waals surface area contributed by atoms with Gasteiger partial charge in [0.05, 0.1) is 10.8 Å². The smallest absolute Gasteiger partial charge is 0.191 e. The van der Waals surface area contributed by atoms with Gasteiger partial charge >= 0.3 is 0 Å². The first kappa shape index (κ1) is 19.5. The van der Waals surface area contributed by atoms with Crippen molar-refractivity contribution in [3.63, 3.8) is 0 Å². The summed E-state index contributed by atoms with van der Waals surface area (Å²) in [6.07, 6.45) is 0. The number of carbonyl (C=O) groups excluding carboxylic acids is 1. The summed E-state index contributed by atoms with van der Waals surface area (Å²) in [7, 11) is 1.86. The van der Waals surface area contributed by atoms with Crippen LogP contribution in [0.2, 0.25) is 5.02 Å². The Morgan fingerprint density at radius 3 is 2.74 bits per heavy atom. The van der Waals surface area contributed by atoms with Gasteiger partial charge in [-0.15, -0.1) is 10.2 Å². The highest BCUT2D eigenvalue weighted by molar-refractivity contribution is 7.99. The Bertz CT molecular complexity index is 972. The molecule has 0 fully saturated rings. The molecule has 0 bridgehead atoms. The zero-order valence-corrected chi connectivity index (χ0v) is 17.0. The normalized spacial score (nSPS) is 10.8. The number of thioether (sulfide) groups is 1. The number of benzene rings is 2. The maximum absolute atomic E-state index is 12.5. The number of aryl methyl sites for hydroxylation is 2. The molecule has 0 saturated carbocycles. The van der Waals surface area contributed by atoms with Crippen molar-refractivity contribution in [1.82, 2.24) is 14.8 Å². The van der Waals surface area contributed by atoms with Crippen LogP contribution in [0.1, 0.15) is 27.3 Å². The molecule has 1 heterocycles. The highest BCUT2D eigenvalue weighted by Crippen LogP contribution is 2.24. The molecule has 0 N–H and O–H groups in total. The van der Waals surface area contributed by atoms with Crippen LogP contribution in [0.3, 0.4) is 0 Å². The van der Waals surface area contributed by atoms with Gasteiger partial charge in [0.1, 0.15) is 12.4 Å². The summed E-state index contributed by atoms with van der Waals surface area (Å²) in [4.78, 5) is 12.5. The second kappa shape index (κ2) is 8.59. The molecule has 0 spiro atoms. The van der Waals surface area contributed by atoms with E-state index in [2.05, 4.69) is 10.2 Å². The van der Waals surface area contributed by atoms with Gasteiger partial charge in [0, 0.05) is 12.6 Å². The largest absolute Gasteiger partial charge is 0.484 e. The van der Waals surface area contributed by atoms with Crippen LogP contribution in [0.5, 0.6) is 5.75 Å². The maximum atomic E-state index is 12.5. The Kier molecular flexibility index (Phi) is 6.19. The van der Waals surface area contributed by atoms with Gasteiger partial charge in [-0.1, -0.05) is 53.2 Å². The van der Waals surface area contributed by atoms with Crippen molar-refractivity contribution in [2.24, 2.45) is 7.05 Å². The lowest BCUT2D eigenvalue weighted by atomic mass is 10.0. The predicted octanol–water partition coefficient (Wildman–Crippen LogP) is 4.64. The van der Waals surface area contributed by atoms with E-state index < -0.39 is 0 Å². The van der Waals surface area contributed by atoms with Crippen molar-refractivity contribution in [2.45, 2.75) is 25.6 Å². The van der Waals surface area contributed by atoms with Crippen molar-refractivity contribution >= 4 is 29.1 Å². The number of aromatic nitrogens is 3. The molecule has 0 aliphatic rings. The van der Waals surface area contributed by atoms with Crippen molar-refractivity contribution in [3.05, 3.63) is 70.0 Å². The Hall–Kier alpha value is -2.31. The molecule has 3 aromatic rings. The van der Waals surface area contributed by atoms with E-state index in [1.54, 1.807) is 12.1 Å². The molecule has 140 valence electrons. The number of carbonyl (C=O) groups is 1. The van der Waals surface area contributed by atoms with E-state index in [0.717, 1.165) is 16.7 Å². The van der Waals surface area contributed by atoms with E-state index in [-0.39, 0.29) is 12.4 Å². The summed E-state index contributed by atoms with van der Waals surface area (Å²) >= 11 is 7.46. The second-order valence-corrected chi connectivity index (χ2v) is 7.56. The Labute approximate surface area is 167 Å². The van der Waals surface area contributed by atoms with Crippen LogP contribution in [0.25, 0.3) is 0 Å². The number of ether oxygens (including phenoxy) is 1. The van der Waals surface area contributed by atoms with E-state index >= 15 is 0 Å². The van der Waals surface area contributed by atoms with Gasteiger partial charge in [-0.2, -0.15) is 0 Å². The molecule has 0 saturated heterocycles. The Morgan fingerprint density at radius 1 is 1.19 bits per heavy atom. The van der Waals surface area contributed by atoms with E-state index in [4.69, 9.17) is 16.3 Å². The fraction of sp³-hybridized carbons (Fsp3) is 0.250. The molecular weight excluding hydrogens is 382 g/mol. The first-order valence-corrected chi connectivity index (χ1v) is 9.81. The number of hydrogen-bond donors (Lipinski definition) is 0. The third kappa shape index (κ3) is 4.70. The lowest BCUT2D eigenvalue weighted by Crippen LogP contribution is -2.07. The van der Waals surface area contributed by atoms with Crippen molar-refractivity contribution in [2.75, 3.05) is 5.75 Å². The average molecular weight is 402 g/mol. The SMILES string of the molecule is Cc1ccc(C)c(C(=O)CSc2nnc(COc3ccccc3Cl)n2C)c1. The summed E-state index contributed by atoms with van der Waals surface area (Å²) in [5.41, 5.74) is 2.82. The first-order chi connectivity index (χ1) is 13.0. The lowest BCUT2D eigenvalue weighted by Gasteiger charge is -2.08. The number of para-hydroxylation sites is 1. The molecule has 0 unspecified atom stereocenters. The van der Waals surface area contributed by atoms with Crippen LogP contribution in [0.15, 0.2) is 47.6 Å². The number of Topliss-reactive ketones (excluding diaryl/α,β-unsaturated/α-hetero) is 1. The van der Waals surface area contributed by atoms with E-state index in [1.165, 1.54) is 11.8 Å². The van der Waals surface area contributed by atoms with Crippen LogP contribution in [0.4, 0.5) is 0 Å². The fourth-order valence-corrected chi connectivity index (χ4v) is 3.55. The van der Waals surface area contributed by atoms with Gasteiger partial charge in [-0.25, -0.2) is 0 Å². The summed E-state index contributed by atoms with van der Waals surface area (Å²) in [5, 5.41) is 9.54. The molecular formula is C20H20ClN3O2S. The van der Waals surface area contributed by atoms with Gasteiger partial charge in [0.25, 0.3) is 0 Å². The van der Waals surface area contributed by atoms with Gasteiger partial charge in [0.2, 0.25) is 0 Å². The minimum Gasteiger partial charge on any atom is -0.484 e. The number of ketones is 1. The Balaban J connectivity index is 1.63. The monoisotopic (exact) mass is 401 g/mol. The van der Waals surface area contributed by atoms with Gasteiger partial charge in [-0.3, -0.25) is 4.79 Å². The van der Waals surface area contributed by atoms with Crippen molar-refractivity contribution in [3.8, 4) is 5.75 Å². The first-order valence-electron chi connectivity index (χ1n) is 8.44. The minimum absolute atomic E-state index is 0.0815. The number of hydrogen-bond acceptors (Lipinski definition) is 5. The number of nitrogens with zero attached hydrogens (tertiary/aromatic N) is 3. The number of rotatable bonds is 7. The number of halogens is 1. The van der Waals surface area contributed by atoms with Crippen LogP contribution in [-0.4, -0.2) is 26.3 Å². The van der Waals surface area contributed by atoms with E-state index in [1.807, 2.05) is 55.8 Å². The molecule has 27 heavy (non-hydrogen) atoms. The van der Waals surface area contributed by atoms with Gasteiger partial charge in [0.15, 0.2) is 16.8 Å². The standard InChI is InChI=1S/C20H20ClN3O2S/c1-13-8-9-14(2)15(10-13)17(25)12-27-20-23-22-19(24(20)3)11-26-18-7-5-4-6-16(18)21/h4-10H,11-12H2,1-3H3. The van der Waals surface area contributed by atoms with Gasteiger partial charge < -0.3 is 9.30 Å². The third-order valence-electron chi connectivity index (χ3n) is 4.14. The van der Waals surface area contributed by atoms with E-state index in [0.29, 0.717) is 27.5 Å². The second-order valence-electron chi connectivity index (χ2n) is 6.21. The van der Waals surface area contributed by atoms with Crippen molar-refractivity contribution < 1.29 is 9.53 Å². The molecule has 7 heteroatoms. The molecule has 3 rings (SSSR count). The molecule has 0 radical (unpaired) electrons. The molecule has 1 aromatic heterocycles. The molecule has 2 aromatic carbocycles. The van der Waals surface area contributed by atoms with Crippen LogP contribution in [0, 0.1) is 13.8 Å². The zero-order valence-electron chi connectivity index (χ0n) is 15.4. The lowest BCUT2D eigenvalue weighted by molar-refractivity contribution is 0.102. The predicted molar refractivity (Wildman–Crippen MR) is 108 cm³/mol. The average Bonchev–Trinajstić information content (AvgIpc) is 3.01.